The van der Waals surface area contributed by atoms with Crippen LogP contribution < -0.4 is 0 Å². The summed E-state index contributed by atoms with van der Waals surface area (Å²) in [5.74, 6) is -0.706. The van der Waals surface area contributed by atoms with Gasteiger partial charge in [0.15, 0.2) is 11.6 Å². The van der Waals surface area contributed by atoms with E-state index in [0.717, 1.165) is 6.07 Å². The van der Waals surface area contributed by atoms with Gasteiger partial charge in [0.05, 0.1) is 4.92 Å². The first-order valence-electron chi connectivity index (χ1n) is 6.00. The van der Waals surface area contributed by atoms with Crippen molar-refractivity contribution < 1.29 is 14.5 Å². The average molecular weight is 304 g/mol. The highest BCUT2D eigenvalue weighted by atomic mass is 35.5. The van der Waals surface area contributed by atoms with Crippen LogP contribution in [-0.4, -0.2) is 16.5 Å². The molecule has 0 aliphatic heterocycles. The molecule has 2 aromatic rings. The summed E-state index contributed by atoms with van der Waals surface area (Å²) in [4.78, 5) is 34.2. The SMILES string of the molecule is CC(=O)c1ccccc1C(=O)c1ccc(Cl)c([N+](=O)[O-])c1. The number of Topliss-reactive ketones (excluding diaryl/α,β-unsaturated/α-hetero) is 1. The fraction of sp³-hybridized carbons (Fsp3) is 0.0667. The first-order chi connectivity index (χ1) is 9.91. The fourth-order valence-electron chi connectivity index (χ4n) is 1.94. The van der Waals surface area contributed by atoms with Crippen molar-refractivity contribution in [2.24, 2.45) is 0 Å². The molecule has 106 valence electrons. The summed E-state index contributed by atoms with van der Waals surface area (Å²) in [5, 5.41) is 10.8. The minimum Gasteiger partial charge on any atom is -0.294 e. The summed E-state index contributed by atoms with van der Waals surface area (Å²) >= 11 is 5.72. The second-order valence-electron chi connectivity index (χ2n) is 4.35. The van der Waals surface area contributed by atoms with Crippen LogP contribution in [0.2, 0.25) is 5.02 Å². The van der Waals surface area contributed by atoms with E-state index in [4.69, 9.17) is 11.6 Å². The molecule has 0 saturated heterocycles. The van der Waals surface area contributed by atoms with E-state index in [0.29, 0.717) is 0 Å². The third-order valence-electron chi connectivity index (χ3n) is 2.96. The molecular formula is C15H10ClNO4. The predicted octanol–water partition coefficient (Wildman–Crippen LogP) is 3.68. The Morgan fingerprint density at radius 3 is 2.29 bits per heavy atom. The number of nitrogens with zero attached hydrogens (tertiary/aromatic N) is 1. The van der Waals surface area contributed by atoms with Gasteiger partial charge in [-0.1, -0.05) is 35.9 Å². The molecular weight excluding hydrogens is 294 g/mol. The Morgan fingerprint density at radius 2 is 1.71 bits per heavy atom. The summed E-state index contributed by atoms with van der Waals surface area (Å²) in [6.45, 7) is 1.36. The van der Waals surface area contributed by atoms with Crippen LogP contribution in [0.4, 0.5) is 5.69 Å². The maximum Gasteiger partial charge on any atom is 0.288 e. The maximum absolute atomic E-state index is 12.4. The number of hydrogen-bond acceptors (Lipinski definition) is 4. The van der Waals surface area contributed by atoms with E-state index >= 15 is 0 Å². The Bertz CT molecular complexity index is 755. The standard InChI is InChI=1S/C15H10ClNO4/c1-9(18)11-4-2-3-5-12(11)15(19)10-6-7-13(16)14(8-10)17(20)21/h2-8H,1H3. The molecule has 0 unspecified atom stereocenters. The molecule has 0 radical (unpaired) electrons. The van der Waals surface area contributed by atoms with Crippen molar-refractivity contribution >= 4 is 28.9 Å². The molecule has 0 aliphatic carbocycles. The number of rotatable bonds is 4. The zero-order valence-electron chi connectivity index (χ0n) is 11.0. The van der Waals surface area contributed by atoms with Crippen LogP contribution in [-0.2, 0) is 0 Å². The lowest BCUT2D eigenvalue weighted by atomic mass is 9.96. The van der Waals surface area contributed by atoms with Crippen molar-refractivity contribution in [1.82, 2.24) is 0 Å². The molecule has 0 atom stereocenters. The Labute approximate surface area is 125 Å². The maximum atomic E-state index is 12.4. The molecule has 0 bridgehead atoms. The fourth-order valence-corrected chi connectivity index (χ4v) is 2.12. The van der Waals surface area contributed by atoms with Crippen molar-refractivity contribution in [3.8, 4) is 0 Å². The lowest BCUT2D eigenvalue weighted by Crippen LogP contribution is -2.08. The minimum atomic E-state index is -0.657. The lowest BCUT2D eigenvalue weighted by Gasteiger charge is -2.06. The zero-order chi connectivity index (χ0) is 15.6. The Balaban J connectivity index is 2.53. The van der Waals surface area contributed by atoms with Gasteiger partial charge < -0.3 is 0 Å². The van der Waals surface area contributed by atoms with Crippen molar-refractivity contribution in [3.05, 3.63) is 74.3 Å². The van der Waals surface area contributed by atoms with Gasteiger partial charge >= 0.3 is 0 Å². The Kier molecular flexibility index (Phi) is 4.14. The van der Waals surface area contributed by atoms with Gasteiger partial charge in [0.1, 0.15) is 5.02 Å². The quantitative estimate of drug-likeness (QED) is 0.490. The zero-order valence-corrected chi connectivity index (χ0v) is 11.8. The molecule has 0 fully saturated rings. The largest absolute Gasteiger partial charge is 0.294 e. The van der Waals surface area contributed by atoms with Gasteiger partial charge in [-0.2, -0.15) is 0 Å². The summed E-state index contributed by atoms with van der Waals surface area (Å²) < 4.78 is 0. The lowest BCUT2D eigenvalue weighted by molar-refractivity contribution is -0.384. The molecule has 2 rings (SSSR count). The van der Waals surface area contributed by atoms with E-state index in [1.54, 1.807) is 18.2 Å². The van der Waals surface area contributed by atoms with Gasteiger partial charge in [-0.15, -0.1) is 0 Å². The monoisotopic (exact) mass is 303 g/mol. The second-order valence-corrected chi connectivity index (χ2v) is 4.76. The molecule has 6 heteroatoms. The molecule has 0 aliphatic rings. The molecule has 5 nitrogen and oxygen atoms in total. The normalized spacial score (nSPS) is 10.2. The first-order valence-corrected chi connectivity index (χ1v) is 6.38. The number of carbonyl (C=O) groups excluding carboxylic acids is 2. The highest BCUT2D eigenvalue weighted by molar-refractivity contribution is 6.33. The number of nitro benzene ring substituents is 1. The number of benzene rings is 2. The topological polar surface area (TPSA) is 77.3 Å². The molecule has 0 spiro atoms. The Hall–Kier alpha value is -2.53. The summed E-state index contributed by atoms with van der Waals surface area (Å²) in [7, 11) is 0. The summed E-state index contributed by atoms with van der Waals surface area (Å²) in [5.41, 5.74) is 0.254. The van der Waals surface area contributed by atoms with Crippen LogP contribution in [0, 0.1) is 10.1 Å². The first kappa shape index (κ1) is 14.9. The van der Waals surface area contributed by atoms with Crippen LogP contribution in [0.5, 0.6) is 0 Å². The second kappa shape index (κ2) is 5.85. The number of nitro groups is 1. The summed E-state index contributed by atoms with van der Waals surface area (Å²) in [6.07, 6.45) is 0. The average Bonchev–Trinajstić information content (AvgIpc) is 2.46. The number of halogens is 1. The molecule has 0 saturated carbocycles. The number of ketones is 2. The van der Waals surface area contributed by atoms with Crippen molar-refractivity contribution in [2.45, 2.75) is 6.92 Å². The third-order valence-corrected chi connectivity index (χ3v) is 3.28. The van der Waals surface area contributed by atoms with E-state index in [1.807, 2.05) is 0 Å². The van der Waals surface area contributed by atoms with Crippen molar-refractivity contribution in [2.75, 3.05) is 0 Å². The summed E-state index contributed by atoms with van der Waals surface area (Å²) in [6, 6.07) is 10.1. The van der Waals surface area contributed by atoms with Gasteiger partial charge in [-0.3, -0.25) is 19.7 Å². The van der Waals surface area contributed by atoms with Gasteiger partial charge in [0.25, 0.3) is 5.69 Å². The molecule has 0 amide bonds. The molecule has 2 aromatic carbocycles. The molecule has 0 heterocycles. The molecule has 21 heavy (non-hydrogen) atoms. The van der Waals surface area contributed by atoms with Crippen molar-refractivity contribution in [3.63, 3.8) is 0 Å². The van der Waals surface area contributed by atoms with E-state index in [9.17, 15) is 19.7 Å². The van der Waals surface area contributed by atoms with E-state index < -0.39 is 10.7 Å². The molecule has 0 aromatic heterocycles. The highest BCUT2D eigenvalue weighted by Crippen LogP contribution is 2.26. The smallest absolute Gasteiger partial charge is 0.288 e. The minimum absolute atomic E-state index is 0.0450. The van der Waals surface area contributed by atoms with Gasteiger partial charge in [-0.25, -0.2) is 0 Å². The van der Waals surface area contributed by atoms with Gasteiger partial charge in [0, 0.05) is 22.8 Å². The van der Waals surface area contributed by atoms with E-state index in [-0.39, 0.29) is 33.2 Å². The Morgan fingerprint density at radius 1 is 1.10 bits per heavy atom. The van der Waals surface area contributed by atoms with Crippen LogP contribution in [0.15, 0.2) is 42.5 Å². The van der Waals surface area contributed by atoms with Gasteiger partial charge in [-0.05, 0) is 19.1 Å². The third kappa shape index (κ3) is 2.98. The highest BCUT2D eigenvalue weighted by Gasteiger charge is 2.20. The van der Waals surface area contributed by atoms with E-state index in [1.165, 1.54) is 25.1 Å². The van der Waals surface area contributed by atoms with Crippen LogP contribution in [0.25, 0.3) is 0 Å². The van der Waals surface area contributed by atoms with Crippen LogP contribution in [0.3, 0.4) is 0 Å². The molecule has 0 N–H and O–H groups in total. The predicted molar refractivity (Wildman–Crippen MR) is 78.0 cm³/mol. The number of carbonyl (C=O) groups is 2. The van der Waals surface area contributed by atoms with E-state index in [2.05, 4.69) is 0 Å². The van der Waals surface area contributed by atoms with Crippen LogP contribution in [0.1, 0.15) is 33.2 Å². The van der Waals surface area contributed by atoms with Crippen LogP contribution >= 0.6 is 11.6 Å². The van der Waals surface area contributed by atoms with Gasteiger partial charge in [0.2, 0.25) is 0 Å². The number of hydrogen-bond donors (Lipinski definition) is 0. The van der Waals surface area contributed by atoms with Crippen molar-refractivity contribution in [1.29, 1.82) is 0 Å².